The van der Waals surface area contributed by atoms with E-state index in [-0.39, 0.29) is 0 Å². The molecule has 0 unspecified atom stereocenters. The minimum absolute atomic E-state index is 0.365. The van der Waals surface area contributed by atoms with Crippen molar-refractivity contribution in [2.75, 3.05) is 19.8 Å². The van der Waals surface area contributed by atoms with E-state index in [1.54, 1.807) is 0 Å². The van der Waals surface area contributed by atoms with Gasteiger partial charge in [-0.1, -0.05) is 13.8 Å². The first-order valence-electron chi connectivity index (χ1n) is 6.45. The first-order chi connectivity index (χ1) is 7.44. The molecule has 0 aromatic heterocycles. The Hall–Kier alpha value is -0.120. The molecular formula is C13H25NO2. The molecule has 16 heavy (non-hydrogen) atoms. The van der Waals surface area contributed by atoms with Gasteiger partial charge < -0.3 is 14.8 Å². The molecule has 0 radical (unpaired) electrons. The molecule has 1 saturated carbocycles. The predicted octanol–water partition coefficient (Wildman–Crippen LogP) is 2.16. The van der Waals surface area contributed by atoms with Gasteiger partial charge in [-0.3, -0.25) is 0 Å². The molecule has 1 aliphatic carbocycles. The van der Waals surface area contributed by atoms with E-state index < -0.39 is 5.79 Å². The van der Waals surface area contributed by atoms with Crippen molar-refractivity contribution in [3.63, 3.8) is 0 Å². The van der Waals surface area contributed by atoms with Crippen LogP contribution in [0.2, 0.25) is 0 Å². The fraction of sp³-hybridized carbons (Fsp3) is 1.00. The Labute approximate surface area is 98.9 Å². The topological polar surface area (TPSA) is 30.5 Å². The fourth-order valence-corrected chi connectivity index (χ4v) is 2.28. The Morgan fingerprint density at radius 3 is 2.19 bits per heavy atom. The molecular weight excluding hydrogens is 202 g/mol. The molecule has 0 aromatic rings. The zero-order valence-corrected chi connectivity index (χ0v) is 11.0. The summed E-state index contributed by atoms with van der Waals surface area (Å²) in [4.78, 5) is 0. The Balaban J connectivity index is 1.72. The second kappa shape index (κ2) is 4.28. The Morgan fingerprint density at radius 2 is 1.75 bits per heavy atom. The zero-order chi connectivity index (χ0) is 11.8. The van der Waals surface area contributed by atoms with Crippen LogP contribution in [0.25, 0.3) is 0 Å². The van der Waals surface area contributed by atoms with Crippen molar-refractivity contribution < 1.29 is 9.47 Å². The van der Waals surface area contributed by atoms with Crippen LogP contribution in [-0.2, 0) is 9.47 Å². The van der Waals surface area contributed by atoms with Crippen molar-refractivity contribution in [2.24, 2.45) is 11.3 Å². The van der Waals surface area contributed by atoms with Gasteiger partial charge >= 0.3 is 0 Å². The van der Waals surface area contributed by atoms with Crippen LogP contribution < -0.4 is 5.32 Å². The average molecular weight is 227 g/mol. The van der Waals surface area contributed by atoms with Gasteiger partial charge in [-0.15, -0.1) is 0 Å². The molecule has 2 aliphatic rings. The van der Waals surface area contributed by atoms with Gasteiger partial charge in [0.1, 0.15) is 0 Å². The Morgan fingerprint density at radius 1 is 1.19 bits per heavy atom. The minimum Gasteiger partial charge on any atom is -0.349 e. The number of hydrogen-bond acceptors (Lipinski definition) is 3. The van der Waals surface area contributed by atoms with Crippen molar-refractivity contribution in [3.05, 3.63) is 0 Å². The van der Waals surface area contributed by atoms with E-state index >= 15 is 0 Å². The third-order valence-electron chi connectivity index (χ3n) is 4.12. The maximum absolute atomic E-state index is 5.64. The second-order valence-electron chi connectivity index (χ2n) is 6.12. The molecule has 0 spiro atoms. The van der Waals surface area contributed by atoms with E-state index in [1.165, 1.54) is 12.8 Å². The molecule has 94 valence electrons. The highest BCUT2D eigenvalue weighted by Crippen LogP contribution is 2.51. The highest BCUT2D eigenvalue weighted by Gasteiger charge is 2.45. The van der Waals surface area contributed by atoms with Gasteiger partial charge in [0.25, 0.3) is 0 Å². The first-order valence-corrected chi connectivity index (χ1v) is 6.45. The van der Waals surface area contributed by atoms with Crippen LogP contribution in [-0.4, -0.2) is 31.6 Å². The van der Waals surface area contributed by atoms with Gasteiger partial charge in [0.15, 0.2) is 5.79 Å². The highest BCUT2D eigenvalue weighted by molar-refractivity contribution is 4.97. The second-order valence-corrected chi connectivity index (χ2v) is 6.12. The van der Waals surface area contributed by atoms with E-state index in [4.69, 9.17) is 9.47 Å². The summed E-state index contributed by atoms with van der Waals surface area (Å²) in [6.07, 6.45) is 2.75. The molecule has 1 N–H and O–H groups in total. The van der Waals surface area contributed by atoms with E-state index in [9.17, 15) is 0 Å². The van der Waals surface area contributed by atoms with Crippen molar-refractivity contribution >= 4 is 0 Å². The monoisotopic (exact) mass is 227 g/mol. The summed E-state index contributed by atoms with van der Waals surface area (Å²) in [6.45, 7) is 11.2. The molecule has 3 nitrogen and oxygen atoms in total. The Kier molecular flexibility index (Phi) is 3.30. The SMILES string of the molecule is CC(C)C1(CNC2COC(C)(C)OC2)CC1. The smallest absolute Gasteiger partial charge is 0.162 e. The summed E-state index contributed by atoms with van der Waals surface area (Å²) in [5.74, 6) is 0.384. The van der Waals surface area contributed by atoms with Crippen molar-refractivity contribution in [1.82, 2.24) is 5.32 Å². The lowest BCUT2D eigenvalue weighted by molar-refractivity contribution is -0.253. The van der Waals surface area contributed by atoms with Crippen LogP contribution in [0.15, 0.2) is 0 Å². The van der Waals surface area contributed by atoms with Crippen molar-refractivity contribution in [1.29, 1.82) is 0 Å². The van der Waals surface area contributed by atoms with Gasteiger partial charge in [-0.25, -0.2) is 0 Å². The normalized spacial score (nSPS) is 28.3. The molecule has 2 rings (SSSR count). The molecule has 0 bridgehead atoms. The lowest BCUT2D eigenvalue weighted by Crippen LogP contribution is -2.50. The van der Waals surface area contributed by atoms with E-state index in [0.29, 0.717) is 11.5 Å². The summed E-state index contributed by atoms with van der Waals surface area (Å²) < 4.78 is 11.3. The van der Waals surface area contributed by atoms with Crippen LogP contribution in [0.1, 0.15) is 40.5 Å². The first kappa shape index (κ1) is 12.3. The summed E-state index contributed by atoms with van der Waals surface area (Å²) in [5.41, 5.74) is 0.562. The number of rotatable bonds is 4. The number of ether oxygens (including phenoxy) is 2. The fourth-order valence-electron chi connectivity index (χ4n) is 2.28. The number of nitrogens with one attached hydrogen (secondary N) is 1. The van der Waals surface area contributed by atoms with Gasteiger partial charge in [-0.2, -0.15) is 0 Å². The van der Waals surface area contributed by atoms with E-state index in [0.717, 1.165) is 25.7 Å². The average Bonchev–Trinajstić information content (AvgIpc) is 2.97. The molecule has 0 aromatic carbocycles. The summed E-state index contributed by atoms with van der Waals surface area (Å²) in [5, 5.41) is 3.59. The van der Waals surface area contributed by atoms with Gasteiger partial charge in [0.05, 0.1) is 19.3 Å². The maximum Gasteiger partial charge on any atom is 0.162 e. The van der Waals surface area contributed by atoms with Crippen LogP contribution in [0.5, 0.6) is 0 Å². The Bertz CT molecular complexity index is 236. The van der Waals surface area contributed by atoms with E-state index in [2.05, 4.69) is 19.2 Å². The van der Waals surface area contributed by atoms with Crippen LogP contribution in [0, 0.1) is 11.3 Å². The summed E-state index contributed by atoms with van der Waals surface area (Å²) in [6, 6.07) is 0.365. The van der Waals surface area contributed by atoms with Crippen LogP contribution in [0.3, 0.4) is 0 Å². The number of hydrogen-bond donors (Lipinski definition) is 1. The minimum atomic E-state index is -0.395. The van der Waals surface area contributed by atoms with Crippen molar-refractivity contribution in [3.8, 4) is 0 Å². The van der Waals surface area contributed by atoms with Crippen molar-refractivity contribution in [2.45, 2.75) is 52.4 Å². The third-order valence-corrected chi connectivity index (χ3v) is 4.12. The molecule has 1 aliphatic heterocycles. The lowest BCUT2D eigenvalue weighted by atomic mass is 9.92. The standard InChI is InChI=1S/C13H25NO2/c1-10(2)13(5-6-13)9-14-11-7-15-12(3,4)16-8-11/h10-11,14H,5-9H2,1-4H3. The molecule has 2 fully saturated rings. The quantitative estimate of drug-likeness (QED) is 0.798. The van der Waals surface area contributed by atoms with Gasteiger partial charge in [0, 0.05) is 6.54 Å². The molecule has 0 amide bonds. The van der Waals surface area contributed by atoms with Crippen LogP contribution in [0.4, 0.5) is 0 Å². The molecule has 0 atom stereocenters. The highest BCUT2D eigenvalue weighted by atomic mass is 16.7. The molecule has 1 heterocycles. The largest absolute Gasteiger partial charge is 0.349 e. The van der Waals surface area contributed by atoms with E-state index in [1.807, 2.05) is 13.8 Å². The summed E-state index contributed by atoms with van der Waals surface area (Å²) in [7, 11) is 0. The zero-order valence-electron chi connectivity index (χ0n) is 11.0. The third kappa shape index (κ3) is 2.76. The van der Waals surface area contributed by atoms with Gasteiger partial charge in [-0.05, 0) is 38.0 Å². The summed E-state index contributed by atoms with van der Waals surface area (Å²) >= 11 is 0. The molecule has 1 saturated heterocycles. The lowest BCUT2D eigenvalue weighted by Gasteiger charge is -2.36. The van der Waals surface area contributed by atoms with Gasteiger partial charge in [0.2, 0.25) is 0 Å². The predicted molar refractivity (Wildman–Crippen MR) is 64.3 cm³/mol. The maximum atomic E-state index is 5.64. The van der Waals surface area contributed by atoms with Crippen LogP contribution >= 0.6 is 0 Å². The molecule has 3 heteroatoms.